The highest BCUT2D eigenvalue weighted by Crippen LogP contribution is 2.32. The van der Waals surface area contributed by atoms with Crippen LogP contribution in [0, 0.1) is 0 Å². The van der Waals surface area contributed by atoms with Crippen molar-refractivity contribution in [2.24, 2.45) is 0 Å². The second kappa shape index (κ2) is 10.2. The molecule has 0 bridgehead atoms. The Morgan fingerprint density at radius 1 is 1.10 bits per heavy atom. The molecule has 0 atom stereocenters. The molecule has 9 heteroatoms. The van der Waals surface area contributed by atoms with E-state index in [2.05, 4.69) is 20.8 Å². The highest BCUT2D eigenvalue weighted by molar-refractivity contribution is 5.85. The molecule has 0 saturated heterocycles. The van der Waals surface area contributed by atoms with Gasteiger partial charge in [0.2, 0.25) is 0 Å². The van der Waals surface area contributed by atoms with Gasteiger partial charge in [-0.15, -0.1) is 12.4 Å². The average molecular weight is 420 g/mol. The Hall–Kier alpha value is -2.68. The predicted molar refractivity (Wildman–Crippen MR) is 112 cm³/mol. The van der Waals surface area contributed by atoms with Crippen LogP contribution in [0.25, 0.3) is 5.69 Å². The molecule has 3 rings (SSSR count). The molecule has 0 fully saturated rings. The van der Waals surface area contributed by atoms with Crippen LogP contribution in [0.2, 0.25) is 0 Å². The Kier molecular flexibility index (Phi) is 7.95. The summed E-state index contributed by atoms with van der Waals surface area (Å²) >= 11 is 0. The van der Waals surface area contributed by atoms with Gasteiger partial charge < -0.3 is 19.9 Å². The normalized spacial score (nSPS) is 11.0. The fraction of sp³-hybridized carbons (Fsp3) is 0.350. The second-order valence-corrected chi connectivity index (χ2v) is 6.92. The third-order valence-corrected chi connectivity index (χ3v) is 4.12. The van der Waals surface area contributed by atoms with Crippen molar-refractivity contribution in [3.63, 3.8) is 0 Å². The minimum Gasteiger partial charge on any atom is -0.490 e. The molecule has 0 unspecified atom stereocenters. The van der Waals surface area contributed by atoms with Gasteiger partial charge in [0.25, 0.3) is 0 Å². The molecule has 0 radical (unpaired) electrons. The van der Waals surface area contributed by atoms with Crippen LogP contribution in [-0.2, 0) is 6.54 Å². The molecule has 1 heterocycles. The van der Waals surface area contributed by atoms with E-state index in [1.807, 2.05) is 69.3 Å². The summed E-state index contributed by atoms with van der Waals surface area (Å²) in [5.74, 6) is 1.13. The topological polar surface area (TPSA) is 94.3 Å². The van der Waals surface area contributed by atoms with E-state index in [4.69, 9.17) is 9.47 Å². The van der Waals surface area contributed by atoms with E-state index in [-0.39, 0.29) is 30.6 Å². The third kappa shape index (κ3) is 5.90. The zero-order valence-electron chi connectivity index (χ0n) is 16.7. The standard InChI is InChI=1S/C20H25N5O3.ClH/c1-4-27-18-12-15(13-21-20(2,3)14-26)10-11-17(18)28-19-22-23-24-25(19)16-8-6-5-7-9-16;/h5-12,21,26H,4,13-14H2,1-3H3;1H. The lowest BCUT2D eigenvalue weighted by atomic mass is 10.1. The van der Waals surface area contributed by atoms with Crippen LogP contribution in [0.4, 0.5) is 0 Å². The summed E-state index contributed by atoms with van der Waals surface area (Å²) in [6, 6.07) is 15.5. The highest BCUT2D eigenvalue weighted by Gasteiger charge is 2.17. The van der Waals surface area contributed by atoms with E-state index < -0.39 is 0 Å². The lowest BCUT2D eigenvalue weighted by Gasteiger charge is -2.23. The molecule has 1 aromatic heterocycles. The molecule has 0 spiro atoms. The number of benzene rings is 2. The van der Waals surface area contributed by atoms with Gasteiger partial charge >= 0.3 is 6.01 Å². The number of aliphatic hydroxyl groups excluding tert-OH is 1. The zero-order valence-corrected chi connectivity index (χ0v) is 17.5. The van der Waals surface area contributed by atoms with E-state index in [0.29, 0.717) is 24.7 Å². The first-order valence-corrected chi connectivity index (χ1v) is 9.15. The molecule has 2 N–H and O–H groups in total. The maximum absolute atomic E-state index is 9.39. The summed E-state index contributed by atoms with van der Waals surface area (Å²) in [5.41, 5.74) is 1.45. The molecule has 29 heavy (non-hydrogen) atoms. The summed E-state index contributed by atoms with van der Waals surface area (Å²) < 4.78 is 13.2. The fourth-order valence-electron chi connectivity index (χ4n) is 2.48. The van der Waals surface area contributed by atoms with E-state index in [1.54, 1.807) is 0 Å². The summed E-state index contributed by atoms with van der Waals surface area (Å²) in [5, 5.41) is 24.4. The quantitative estimate of drug-likeness (QED) is 0.550. The van der Waals surface area contributed by atoms with Crippen molar-refractivity contribution < 1.29 is 14.6 Å². The zero-order chi connectivity index (χ0) is 20.0. The number of para-hydroxylation sites is 1. The molecule has 2 aromatic carbocycles. The first-order valence-electron chi connectivity index (χ1n) is 9.15. The maximum atomic E-state index is 9.39. The molecule has 8 nitrogen and oxygen atoms in total. The smallest absolute Gasteiger partial charge is 0.346 e. The van der Waals surface area contributed by atoms with Crippen molar-refractivity contribution in [3.8, 4) is 23.2 Å². The minimum absolute atomic E-state index is 0. The van der Waals surface area contributed by atoms with Gasteiger partial charge in [0.1, 0.15) is 0 Å². The van der Waals surface area contributed by atoms with Crippen molar-refractivity contribution in [2.75, 3.05) is 13.2 Å². The van der Waals surface area contributed by atoms with Gasteiger partial charge in [0, 0.05) is 12.1 Å². The van der Waals surface area contributed by atoms with Crippen molar-refractivity contribution in [1.82, 2.24) is 25.5 Å². The first-order chi connectivity index (χ1) is 13.5. The number of tetrazole rings is 1. The minimum atomic E-state index is -0.362. The Labute approximate surface area is 176 Å². The molecular formula is C20H26ClN5O3. The van der Waals surface area contributed by atoms with Gasteiger partial charge in [-0.1, -0.05) is 29.4 Å². The molecule has 3 aromatic rings. The molecule has 0 aliphatic carbocycles. The van der Waals surface area contributed by atoms with Gasteiger partial charge in [0.15, 0.2) is 11.5 Å². The number of nitrogens with one attached hydrogen (secondary N) is 1. The Morgan fingerprint density at radius 2 is 1.86 bits per heavy atom. The van der Waals surface area contributed by atoms with Crippen molar-refractivity contribution in [2.45, 2.75) is 32.9 Å². The van der Waals surface area contributed by atoms with Gasteiger partial charge in [-0.3, -0.25) is 0 Å². The molecular weight excluding hydrogens is 394 g/mol. The van der Waals surface area contributed by atoms with E-state index >= 15 is 0 Å². The van der Waals surface area contributed by atoms with Gasteiger partial charge in [0.05, 0.1) is 18.9 Å². The van der Waals surface area contributed by atoms with Gasteiger partial charge in [-0.25, -0.2) is 0 Å². The summed E-state index contributed by atoms with van der Waals surface area (Å²) in [6.45, 7) is 6.94. The van der Waals surface area contributed by atoms with Crippen molar-refractivity contribution in [1.29, 1.82) is 0 Å². The van der Waals surface area contributed by atoms with E-state index in [1.165, 1.54) is 4.68 Å². The van der Waals surface area contributed by atoms with Gasteiger partial charge in [-0.05, 0) is 61.0 Å². The van der Waals surface area contributed by atoms with Crippen molar-refractivity contribution in [3.05, 3.63) is 54.1 Å². The summed E-state index contributed by atoms with van der Waals surface area (Å²) in [6.07, 6.45) is 0. The molecule has 0 aliphatic heterocycles. The van der Waals surface area contributed by atoms with Crippen LogP contribution >= 0.6 is 12.4 Å². The van der Waals surface area contributed by atoms with Crippen LogP contribution in [0.15, 0.2) is 48.5 Å². The number of aromatic nitrogens is 4. The number of halogens is 1. The highest BCUT2D eigenvalue weighted by atomic mass is 35.5. The second-order valence-electron chi connectivity index (χ2n) is 6.92. The molecule has 0 amide bonds. The summed E-state index contributed by atoms with van der Waals surface area (Å²) in [4.78, 5) is 0. The van der Waals surface area contributed by atoms with Crippen molar-refractivity contribution >= 4 is 12.4 Å². The fourth-order valence-corrected chi connectivity index (χ4v) is 2.48. The number of rotatable bonds is 9. The van der Waals surface area contributed by atoms with Crippen LogP contribution in [0.5, 0.6) is 17.5 Å². The molecule has 156 valence electrons. The van der Waals surface area contributed by atoms with Crippen LogP contribution < -0.4 is 14.8 Å². The van der Waals surface area contributed by atoms with Crippen LogP contribution in [0.1, 0.15) is 26.3 Å². The molecule has 0 saturated carbocycles. The number of ether oxygens (including phenoxy) is 2. The maximum Gasteiger partial charge on any atom is 0.346 e. The van der Waals surface area contributed by atoms with E-state index in [9.17, 15) is 5.11 Å². The number of nitrogens with zero attached hydrogens (tertiary/aromatic N) is 4. The van der Waals surface area contributed by atoms with Gasteiger partial charge in [-0.2, -0.15) is 4.68 Å². The Balaban J connectivity index is 0.00000300. The number of hydrogen-bond acceptors (Lipinski definition) is 7. The van der Waals surface area contributed by atoms with E-state index in [0.717, 1.165) is 11.3 Å². The number of hydrogen-bond donors (Lipinski definition) is 2. The summed E-state index contributed by atoms with van der Waals surface area (Å²) in [7, 11) is 0. The third-order valence-electron chi connectivity index (χ3n) is 4.12. The Morgan fingerprint density at radius 3 is 2.55 bits per heavy atom. The largest absolute Gasteiger partial charge is 0.490 e. The average Bonchev–Trinajstić information content (AvgIpc) is 3.17. The lowest BCUT2D eigenvalue weighted by Crippen LogP contribution is -2.42. The number of aliphatic hydroxyl groups is 1. The first kappa shape index (κ1) is 22.6. The predicted octanol–water partition coefficient (Wildman–Crippen LogP) is 3.14. The molecule has 0 aliphatic rings. The van der Waals surface area contributed by atoms with Crippen LogP contribution in [0.3, 0.4) is 0 Å². The Bertz CT molecular complexity index is 902. The monoisotopic (exact) mass is 419 g/mol. The van der Waals surface area contributed by atoms with Crippen LogP contribution in [-0.4, -0.2) is 44.1 Å². The SMILES string of the molecule is CCOc1cc(CNC(C)(C)CO)ccc1Oc1nnnn1-c1ccccc1.Cl. The lowest BCUT2D eigenvalue weighted by molar-refractivity contribution is 0.187.